The van der Waals surface area contributed by atoms with Crippen molar-refractivity contribution < 1.29 is 43.2 Å². The van der Waals surface area contributed by atoms with Crippen molar-refractivity contribution in [3.63, 3.8) is 0 Å². The van der Waals surface area contributed by atoms with Crippen LogP contribution in [0.15, 0.2) is 66.1 Å². The summed E-state index contributed by atoms with van der Waals surface area (Å²) >= 11 is 1.89. The van der Waals surface area contributed by atoms with Gasteiger partial charge in [-0.15, -0.1) is 40.5 Å². The molecular formula is C45H55F3IrNO2S-. The Hall–Kier alpha value is -3.06. The third-order valence-corrected chi connectivity index (χ3v) is 11.3. The van der Waals surface area contributed by atoms with Crippen LogP contribution in [0, 0.1) is 30.2 Å². The van der Waals surface area contributed by atoms with E-state index in [0.717, 1.165) is 23.1 Å². The van der Waals surface area contributed by atoms with Crippen molar-refractivity contribution in [2.24, 2.45) is 17.3 Å². The fraction of sp³-hybridized carbons (Fsp3) is 0.467. The van der Waals surface area contributed by atoms with E-state index in [4.69, 9.17) is 4.98 Å². The molecule has 0 unspecified atom stereocenters. The van der Waals surface area contributed by atoms with Gasteiger partial charge in [0, 0.05) is 58.6 Å². The van der Waals surface area contributed by atoms with Crippen LogP contribution in [0.1, 0.15) is 112 Å². The van der Waals surface area contributed by atoms with Gasteiger partial charge >= 0.3 is 6.18 Å². The van der Waals surface area contributed by atoms with Crippen molar-refractivity contribution in [2.75, 3.05) is 0 Å². The van der Waals surface area contributed by atoms with Crippen LogP contribution in [0.25, 0.3) is 42.2 Å². The molecular weight excluding hydrogens is 868 g/mol. The average Bonchev–Trinajstić information content (AvgIpc) is 3.45. The Balaban J connectivity index is 0.000000327. The second-order valence-electron chi connectivity index (χ2n) is 16.1. The molecule has 3 nitrogen and oxygen atoms in total. The molecule has 0 spiro atoms. The van der Waals surface area contributed by atoms with Crippen molar-refractivity contribution >= 4 is 48.1 Å². The number of ketones is 1. The molecule has 2 heterocycles. The van der Waals surface area contributed by atoms with Crippen LogP contribution in [0.2, 0.25) is 0 Å². The van der Waals surface area contributed by atoms with Gasteiger partial charge in [-0.1, -0.05) is 111 Å². The van der Waals surface area contributed by atoms with Crippen LogP contribution >= 0.6 is 11.3 Å². The van der Waals surface area contributed by atoms with Crippen LogP contribution in [-0.4, -0.2) is 22.1 Å². The number of aliphatic hydroxyl groups is 1. The Bertz CT molecular complexity index is 2070. The van der Waals surface area contributed by atoms with Crippen LogP contribution in [0.4, 0.5) is 13.2 Å². The summed E-state index contributed by atoms with van der Waals surface area (Å²) in [6.45, 7) is 22.8. The van der Waals surface area contributed by atoms with Gasteiger partial charge in [0.25, 0.3) is 0 Å². The number of Topliss-reactive ketones (excluding diaryl/α,β-unsaturated/α-hetero) is 1. The molecule has 8 heteroatoms. The number of aliphatic hydroxyl groups excluding tert-OH is 1. The minimum atomic E-state index is -4.80. The SMILES string of the molecule is CCC(CC)C(=O)/C(=C(\O)C(CC)CC)C(F)(F)F.Cc1c(CC(C)(C)C)ccc2c1sc1c(-c3[c-]c4ccccc4c(C(C)(C)C)c3)nccc12.[Ir]. The number of carbonyl (C=O) groups excluding carboxylic acids is 1. The number of allylic oxidation sites excluding steroid dienone is 2. The Morgan fingerprint density at radius 1 is 0.830 bits per heavy atom. The van der Waals surface area contributed by atoms with Crippen molar-refractivity contribution in [3.05, 3.63) is 88.8 Å². The fourth-order valence-electron chi connectivity index (χ4n) is 7.03. The monoisotopic (exact) mass is 923 g/mol. The molecule has 0 amide bonds. The zero-order chi connectivity index (χ0) is 38.8. The number of aryl methyl sites for hydroxylation is 1. The number of hydrogen-bond donors (Lipinski definition) is 1. The standard InChI is InChI=1S/C31H32NS.C14H23F3O2.Ir/c1-19-21(18-30(2,3)4)12-13-24-25-14-15-32-27(29(25)33-28(19)24)22-16-20-10-8-9-11-23(20)26(17-22)31(5,6)7;1-5-9(6-2)12(18)11(14(15,16)17)13(19)10(7-3)8-4;/h8-15,17H,18H2,1-7H3;9-10,18H,5-8H2,1-4H3;/q-1;;/b;12-11+;. The molecule has 0 fully saturated rings. The summed E-state index contributed by atoms with van der Waals surface area (Å²) in [6.07, 6.45) is -0.331. The predicted octanol–water partition coefficient (Wildman–Crippen LogP) is 14.1. The normalized spacial score (nSPS) is 13.0. The number of aromatic nitrogens is 1. The van der Waals surface area contributed by atoms with E-state index in [1.165, 1.54) is 42.2 Å². The predicted molar refractivity (Wildman–Crippen MR) is 214 cm³/mol. The van der Waals surface area contributed by atoms with E-state index in [0.29, 0.717) is 25.7 Å². The Morgan fingerprint density at radius 3 is 1.96 bits per heavy atom. The summed E-state index contributed by atoms with van der Waals surface area (Å²) in [5.41, 5.74) is 5.28. The molecule has 1 radical (unpaired) electrons. The average molecular weight is 923 g/mol. The van der Waals surface area contributed by atoms with Crippen molar-refractivity contribution in [3.8, 4) is 11.3 Å². The molecule has 0 bridgehead atoms. The molecule has 0 atom stereocenters. The summed E-state index contributed by atoms with van der Waals surface area (Å²) in [6, 6.07) is 21.4. The van der Waals surface area contributed by atoms with Gasteiger partial charge in [0.05, 0.1) is 0 Å². The number of alkyl halides is 3. The third-order valence-electron chi connectivity index (χ3n) is 9.99. The molecule has 3 aromatic carbocycles. The third kappa shape index (κ3) is 9.98. The topological polar surface area (TPSA) is 50.2 Å². The second kappa shape index (κ2) is 17.6. The molecule has 5 rings (SSSR count). The van der Waals surface area contributed by atoms with E-state index in [9.17, 15) is 23.1 Å². The van der Waals surface area contributed by atoms with E-state index in [1.807, 2.05) is 17.5 Å². The number of hydrogen-bond acceptors (Lipinski definition) is 4. The van der Waals surface area contributed by atoms with Gasteiger partial charge in [-0.25, -0.2) is 0 Å². The van der Waals surface area contributed by atoms with Crippen molar-refractivity contribution in [2.45, 2.75) is 120 Å². The first-order valence-corrected chi connectivity index (χ1v) is 19.4. The summed E-state index contributed by atoms with van der Waals surface area (Å²) in [5.74, 6) is -3.08. The number of pyridine rings is 1. The first kappa shape index (κ1) is 44.3. The van der Waals surface area contributed by atoms with Gasteiger partial charge in [0.15, 0.2) is 5.78 Å². The minimum Gasteiger partial charge on any atom is -0.511 e. The van der Waals surface area contributed by atoms with Crippen LogP contribution in [0.3, 0.4) is 0 Å². The molecule has 1 N–H and O–H groups in total. The van der Waals surface area contributed by atoms with E-state index >= 15 is 0 Å². The molecule has 2 aromatic heterocycles. The molecule has 289 valence electrons. The molecule has 0 saturated heterocycles. The number of fused-ring (bicyclic) bond motifs is 4. The van der Waals surface area contributed by atoms with E-state index in [2.05, 4.69) is 103 Å². The largest absolute Gasteiger partial charge is 0.511 e. The Labute approximate surface area is 331 Å². The zero-order valence-electron chi connectivity index (χ0n) is 33.1. The second-order valence-corrected chi connectivity index (χ2v) is 17.2. The van der Waals surface area contributed by atoms with E-state index in [1.54, 1.807) is 27.7 Å². The van der Waals surface area contributed by atoms with Crippen LogP contribution < -0.4 is 0 Å². The van der Waals surface area contributed by atoms with Gasteiger partial charge < -0.3 is 5.11 Å². The molecule has 0 aliphatic heterocycles. The number of thiophene rings is 1. The first-order valence-electron chi connectivity index (χ1n) is 18.6. The Morgan fingerprint density at radius 2 is 1.42 bits per heavy atom. The molecule has 0 saturated carbocycles. The Kier molecular flexibility index (Phi) is 14.7. The smallest absolute Gasteiger partial charge is 0.423 e. The number of nitrogens with zero attached hydrogens (tertiary/aromatic N) is 1. The summed E-state index contributed by atoms with van der Waals surface area (Å²) in [7, 11) is 0. The molecule has 53 heavy (non-hydrogen) atoms. The zero-order valence-corrected chi connectivity index (χ0v) is 36.3. The maximum Gasteiger partial charge on any atom is 0.423 e. The number of carbonyl (C=O) groups is 1. The van der Waals surface area contributed by atoms with Gasteiger partial charge in [0.1, 0.15) is 11.3 Å². The first-order chi connectivity index (χ1) is 24.3. The maximum atomic E-state index is 13.0. The molecule has 5 aromatic rings. The number of benzene rings is 3. The summed E-state index contributed by atoms with van der Waals surface area (Å²) < 4.78 is 41.8. The fourth-order valence-corrected chi connectivity index (χ4v) is 8.35. The minimum absolute atomic E-state index is 0. The number of halogens is 3. The van der Waals surface area contributed by atoms with Crippen molar-refractivity contribution in [1.82, 2.24) is 4.98 Å². The summed E-state index contributed by atoms with van der Waals surface area (Å²) in [4.78, 5) is 16.9. The van der Waals surface area contributed by atoms with Crippen LogP contribution in [0.5, 0.6) is 0 Å². The van der Waals surface area contributed by atoms with Crippen LogP contribution in [-0.2, 0) is 36.7 Å². The molecule has 0 aliphatic carbocycles. The summed E-state index contributed by atoms with van der Waals surface area (Å²) in [5, 5.41) is 14.9. The number of rotatable bonds is 9. The van der Waals surface area contributed by atoms with E-state index < -0.39 is 35.1 Å². The van der Waals surface area contributed by atoms with Gasteiger partial charge in [-0.2, -0.15) is 13.2 Å². The quantitative estimate of drug-likeness (QED) is 0.0910. The van der Waals surface area contributed by atoms with Gasteiger partial charge in [-0.05, 0) is 72.4 Å². The van der Waals surface area contributed by atoms with Gasteiger partial charge in [0.2, 0.25) is 0 Å². The van der Waals surface area contributed by atoms with E-state index in [-0.39, 0.29) is 30.9 Å². The van der Waals surface area contributed by atoms with Gasteiger partial charge in [-0.3, -0.25) is 9.78 Å². The molecule has 0 aliphatic rings. The maximum absolute atomic E-state index is 13.0. The van der Waals surface area contributed by atoms with Crippen molar-refractivity contribution in [1.29, 1.82) is 0 Å².